The zero-order chi connectivity index (χ0) is 23.7. The van der Waals surface area contributed by atoms with Gasteiger partial charge < -0.3 is 9.80 Å². The molecule has 1 saturated heterocycles. The summed E-state index contributed by atoms with van der Waals surface area (Å²) in [5.41, 5.74) is 3.76. The Labute approximate surface area is 199 Å². The van der Waals surface area contributed by atoms with Crippen LogP contribution in [0.15, 0.2) is 54.7 Å². The van der Waals surface area contributed by atoms with Crippen molar-refractivity contribution < 1.29 is 14.0 Å². The number of aryl methyl sites for hydroxylation is 1. The molecule has 7 heteroatoms. The van der Waals surface area contributed by atoms with Crippen LogP contribution in [-0.2, 0) is 4.79 Å². The maximum absolute atomic E-state index is 13.6. The highest BCUT2D eigenvalue weighted by atomic mass is 19.1. The number of carbonyl (C=O) groups excluding carboxylic acids is 2. The van der Waals surface area contributed by atoms with E-state index in [1.54, 1.807) is 23.0 Å². The molecule has 0 bridgehead atoms. The Morgan fingerprint density at radius 1 is 0.882 bits per heavy atom. The molecule has 5 rings (SSSR count). The van der Waals surface area contributed by atoms with Gasteiger partial charge in [-0.25, -0.2) is 9.07 Å². The lowest BCUT2D eigenvalue weighted by Crippen LogP contribution is -2.51. The van der Waals surface area contributed by atoms with Crippen LogP contribution in [0, 0.1) is 18.7 Å². The number of benzene rings is 2. The summed E-state index contributed by atoms with van der Waals surface area (Å²) in [5, 5.41) is 4.70. The lowest BCUT2D eigenvalue weighted by atomic mass is 10.0. The number of amides is 2. The molecule has 1 aromatic heterocycles. The molecule has 2 fully saturated rings. The number of aromatic nitrogens is 2. The molecule has 2 heterocycles. The van der Waals surface area contributed by atoms with Gasteiger partial charge >= 0.3 is 0 Å². The van der Waals surface area contributed by atoms with Crippen LogP contribution < -0.4 is 0 Å². The Morgan fingerprint density at radius 3 is 2.15 bits per heavy atom. The van der Waals surface area contributed by atoms with Gasteiger partial charge in [-0.2, -0.15) is 5.10 Å². The normalized spacial score (nSPS) is 16.8. The van der Waals surface area contributed by atoms with E-state index in [9.17, 15) is 14.0 Å². The number of carbonyl (C=O) groups is 2. The quantitative estimate of drug-likeness (QED) is 0.578. The lowest BCUT2D eigenvalue weighted by molar-refractivity contribution is -0.136. The van der Waals surface area contributed by atoms with E-state index in [0.717, 1.165) is 36.8 Å². The van der Waals surface area contributed by atoms with Crippen molar-refractivity contribution in [2.24, 2.45) is 5.92 Å². The van der Waals surface area contributed by atoms with Crippen molar-refractivity contribution in [2.75, 3.05) is 26.2 Å². The first-order valence-electron chi connectivity index (χ1n) is 12.0. The minimum atomic E-state index is -0.323. The standard InChI is InChI=1S/C27H29FN4O2/c1-19-6-8-20(9-7-19)25-24(18-32(29-25)23-12-10-22(28)11-13-23)27(34)31-16-14-30(15-17-31)26(33)21-4-2-3-5-21/h6-13,18,21H,2-5,14-17H2,1H3. The van der Waals surface area contributed by atoms with Crippen LogP contribution in [0.1, 0.15) is 41.6 Å². The second-order valence-electron chi connectivity index (χ2n) is 9.28. The third-order valence-electron chi connectivity index (χ3n) is 6.94. The van der Waals surface area contributed by atoms with Gasteiger partial charge in [0, 0.05) is 43.9 Å². The van der Waals surface area contributed by atoms with Gasteiger partial charge in [0.25, 0.3) is 5.91 Å². The van der Waals surface area contributed by atoms with Crippen molar-refractivity contribution in [3.63, 3.8) is 0 Å². The fourth-order valence-corrected chi connectivity index (χ4v) is 4.91. The maximum Gasteiger partial charge on any atom is 0.257 e. The van der Waals surface area contributed by atoms with Gasteiger partial charge in [-0.1, -0.05) is 42.7 Å². The van der Waals surface area contributed by atoms with E-state index in [2.05, 4.69) is 0 Å². The molecule has 34 heavy (non-hydrogen) atoms. The maximum atomic E-state index is 13.6. The zero-order valence-electron chi connectivity index (χ0n) is 19.4. The molecule has 0 atom stereocenters. The Morgan fingerprint density at radius 2 is 1.50 bits per heavy atom. The molecule has 3 aromatic rings. The van der Waals surface area contributed by atoms with Crippen molar-refractivity contribution in [3.05, 3.63) is 71.7 Å². The summed E-state index contributed by atoms with van der Waals surface area (Å²) in [7, 11) is 0. The smallest absolute Gasteiger partial charge is 0.257 e. The summed E-state index contributed by atoms with van der Waals surface area (Å²) >= 11 is 0. The first-order chi connectivity index (χ1) is 16.5. The first kappa shape index (κ1) is 22.3. The average molecular weight is 461 g/mol. The van der Waals surface area contributed by atoms with Crippen LogP contribution in [0.3, 0.4) is 0 Å². The van der Waals surface area contributed by atoms with Crippen LogP contribution in [0.5, 0.6) is 0 Å². The third-order valence-corrected chi connectivity index (χ3v) is 6.94. The van der Waals surface area contributed by atoms with Gasteiger partial charge in [-0.15, -0.1) is 0 Å². The Hall–Kier alpha value is -3.48. The average Bonchev–Trinajstić information content (AvgIpc) is 3.55. The molecule has 1 saturated carbocycles. The van der Waals surface area contributed by atoms with Gasteiger partial charge in [0.15, 0.2) is 0 Å². The van der Waals surface area contributed by atoms with E-state index in [0.29, 0.717) is 43.1 Å². The molecule has 2 amide bonds. The monoisotopic (exact) mass is 460 g/mol. The van der Waals surface area contributed by atoms with Crippen molar-refractivity contribution in [1.82, 2.24) is 19.6 Å². The van der Waals surface area contributed by atoms with Gasteiger partial charge in [0.2, 0.25) is 5.91 Å². The summed E-state index contributed by atoms with van der Waals surface area (Å²) in [6.45, 7) is 4.15. The van der Waals surface area contributed by atoms with E-state index in [1.807, 2.05) is 41.0 Å². The minimum Gasteiger partial charge on any atom is -0.339 e. The largest absolute Gasteiger partial charge is 0.339 e. The zero-order valence-corrected chi connectivity index (χ0v) is 19.4. The van der Waals surface area contributed by atoms with Gasteiger partial charge in [-0.3, -0.25) is 9.59 Å². The summed E-state index contributed by atoms with van der Waals surface area (Å²) in [6, 6.07) is 14.0. The molecule has 0 unspecified atom stereocenters. The van der Waals surface area contributed by atoms with E-state index in [4.69, 9.17) is 5.10 Å². The number of piperazine rings is 1. The molecular formula is C27H29FN4O2. The van der Waals surface area contributed by atoms with Gasteiger partial charge in [0.05, 0.1) is 11.3 Å². The Balaban J connectivity index is 1.39. The molecule has 2 aliphatic rings. The second-order valence-corrected chi connectivity index (χ2v) is 9.28. The molecule has 0 N–H and O–H groups in total. The van der Waals surface area contributed by atoms with Gasteiger partial charge in [0.1, 0.15) is 11.5 Å². The van der Waals surface area contributed by atoms with E-state index >= 15 is 0 Å². The SMILES string of the molecule is Cc1ccc(-c2nn(-c3ccc(F)cc3)cc2C(=O)N2CCN(C(=O)C3CCCC3)CC2)cc1. The van der Waals surface area contributed by atoms with Crippen LogP contribution >= 0.6 is 0 Å². The summed E-state index contributed by atoms with van der Waals surface area (Å²) in [6.07, 6.45) is 5.96. The van der Waals surface area contributed by atoms with Crippen LogP contribution in [0.25, 0.3) is 16.9 Å². The molecule has 1 aliphatic carbocycles. The highest BCUT2D eigenvalue weighted by Gasteiger charge is 2.32. The third kappa shape index (κ3) is 4.47. The highest BCUT2D eigenvalue weighted by molar-refractivity contribution is 6.00. The van der Waals surface area contributed by atoms with E-state index < -0.39 is 0 Å². The number of nitrogens with zero attached hydrogens (tertiary/aromatic N) is 4. The van der Waals surface area contributed by atoms with E-state index in [-0.39, 0.29) is 23.5 Å². The molecule has 0 spiro atoms. The predicted molar refractivity (Wildman–Crippen MR) is 128 cm³/mol. The van der Waals surface area contributed by atoms with Gasteiger partial charge in [-0.05, 0) is 44.0 Å². The molecule has 2 aromatic carbocycles. The fraction of sp³-hybridized carbons (Fsp3) is 0.370. The lowest BCUT2D eigenvalue weighted by Gasteiger charge is -2.36. The minimum absolute atomic E-state index is 0.100. The van der Waals surface area contributed by atoms with Crippen molar-refractivity contribution in [1.29, 1.82) is 0 Å². The Bertz CT molecular complexity index is 1170. The van der Waals surface area contributed by atoms with Crippen LogP contribution in [0.4, 0.5) is 4.39 Å². The van der Waals surface area contributed by atoms with Crippen molar-refractivity contribution in [2.45, 2.75) is 32.6 Å². The highest BCUT2D eigenvalue weighted by Crippen LogP contribution is 2.28. The summed E-state index contributed by atoms with van der Waals surface area (Å²) in [5.74, 6) is -0.0220. The van der Waals surface area contributed by atoms with Crippen molar-refractivity contribution >= 4 is 11.8 Å². The number of hydrogen-bond donors (Lipinski definition) is 0. The molecule has 6 nitrogen and oxygen atoms in total. The number of halogens is 1. The predicted octanol–water partition coefficient (Wildman–Crippen LogP) is 4.46. The fourth-order valence-electron chi connectivity index (χ4n) is 4.91. The van der Waals surface area contributed by atoms with Crippen LogP contribution in [0.2, 0.25) is 0 Å². The van der Waals surface area contributed by atoms with Crippen molar-refractivity contribution in [3.8, 4) is 16.9 Å². The Kier molecular flexibility index (Phi) is 6.18. The number of hydrogen-bond acceptors (Lipinski definition) is 3. The summed E-state index contributed by atoms with van der Waals surface area (Å²) < 4.78 is 15.1. The topological polar surface area (TPSA) is 58.4 Å². The molecular weight excluding hydrogens is 431 g/mol. The molecule has 176 valence electrons. The first-order valence-corrected chi connectivity index (χ1v) is 12.0. The molecule has 1 aliphatic heterocycles. The second kappa shape index (κ2) is 9.41. The molecule has 0 radical (unpaired) electrons. The summed E-state index contributed by atoms with van der Waals surface area (Å²) in [4.78, 5) is 30.1. The number of rotatable bonds is 4. The van der Waals surface area contributed by atoms with E-state index in [1.165, 1.54) is 12.1 Å². The van der Waals surface area contributed by atoms with Crippen LogP contribution in [-0.4, -0.2) is 57.6 Å².